The van der Waals surface area contributed by atoms with E-state index >= 15 is 0 Å². The summed E-state index contributed by atoms with van der Waals surface area (Å²) in [5.41, 5.74) is 0.308. The molecular formula is C6H8BClFNO2. The van der Waals surface area contributed by atoms with Crippen LogP contribution in [0.25, 0.3) is 0 Å². The highest BCUT2D eigenvalue weighted by molar-refractivity contribution is 6.58. The second-order valence-electron chi connectivity index (χ2n) is 2.21. The van der Waals surface area contributed by atoms with E-state index in [-0.39, 0.29) is 23.6 Å². The van der Waals surface area contributed by atoms with Crippen molar-refractivity contribution in [2.45, 2.75) is 6.92 Å². The van der Waals surface area contributed by atoms with Crippen LogP contribution in [-0.4, -0.2) is 22.2 Å². The lowest BCUT2D eigenvalue weighted by Crippen LogP contribution is -2.30. The van der Waals surface area contributed by atoms with Gasteiger partial charge >= 0.3 is 7.12 Å². The molecule has 0 bridgehead atoms. The van der Waals surface area contributed by atoms with E-state index in [2.05, 4.69) is 4.98 Å². The number of rotatable bonds is 1. The quantitative estimate of drug-likeness (QED) is 0.596. The van der Waals surface area contributed by atoms with Gasteiger partial charge in [0.05, 0.1) is 5.69 Å². The van der Waals surface area contributed by atoms with E-state index in [4.69, 9.17) is 10.0 Å². The van der Waals surface area contributed by atoms with Crippen LogP contribution in [-0.2, 0) is 0 Å². The lowest BCUT2D eigenvalue weighted by Gasteiger charge is -1.99. The Morgan fingerprint density at radius 3 is 2.50 bits per heavy atom. The summed E-state index contributed by atoms with van der Waals surface area (Å²) < 4.78 is 12.7. The molecule has 0 amide bonds. The summed E-state index contributed by atoms with van der Waals surface area (Å²) in [4.78, 5) is 3.60. The smallest absolute Gasteiger partial charge is 0.423 e. The van der Waals surface area contributed by atoms with E-state index in [0.29, 0.717) is 0 Å². The first-order chi connectivity index (χ1) is 5.11. The van der Waals surface area contributed by atoms with Crippen molar-refractivity contribution in [1.82, 2.24) is 4.98 Å². The predicted molar refractivity (Wildman–Crippen MR) is 46.0 cm³/mol. The van der Waals surface area contributed by atoms with E-state index in [0.717, 1.165) is 6.07 Å². The maximum absolute atomic E-state index is 12.7. The van der Waals surface area contributed by atoms with Gasteiger partial charge in [-0.2, -0.15) is 0 Å². The molecule has 0 aliphatic rings. The monoisotopic (exact) mass is 191 g/mol. The van der Waals surface area contributed by atoms with Crippen LogP contribution in [0.4, 0.5) is 4.39 Å². The molecule has 1 rings (SSSR count). The third-order valence-corrected chi connectivity index (χ3v) is 1.34. The van der Waals surface area contributed by atoms with Gasteiger partial charge in [-0.15, -0.1) is 12.4 Å². The van der Waals surface area contributed by atoms with Crippen LogP contribution in [0.3, 0.4) is 0 Å². The molecule has 3 nitrogen and oxygen atoms in total. The predicted octanol–water partition coefficient (Wildman–Crippen LogP) is -0.369. The molecule has 2 N–H and O–H groups in total. The molecule has 1 heterocycles. The van der Waals surface area contributed by atoms with Crippen LogP contribution < -0.4 is 5.46 Å². The van der Waals surface area contributed by atoms with Gasteiger partial charge in [0.1, 0.15) is 5.82 Å². The van der Waals surface area contributed by atoms with Crippen LogP contribution in [0.2, 0.25) is 0 Å². The van der Waals surface area contributed by atoms with E-state index in [1.165, 1.54) is 13.1 Å². The summed E-state index contributed by atoms with van der Waals surface area (Å²) in [5, 5.41) is 17.2. The zero-order valence-electron chi connectivity index (χ0n) is 6.36. The topological polar surface area (TPSA) is 53.4 Å². The molecule has 0 saturated heterocycles. The van der Waals surface area contributed by atoms with E-state index in [9.17, 15) is 4.39 Å². The Morgan fingerprint density at radius 2 is 2.08 bits per heavy atom. The van der Waals surface area contributed by atoms with Crippen molar-refractivity contribution in [2.24, 2.45) is 0 Å². The highest BCUT2D eigenvalue weighted by Crippen LogP contribution is 1.97. The van der Waals surface area contributed by atoms with Gasteiger partial charge < -0.3 is 10.0 Å². The largest absolute Gasteiger partial charge is 0.490 e. The first-order valence-electron chi connectivity index (χ1n) is 3.09. The number of nitrogens with zero attached hydrogens (tertiary/aromatic N) is 1. The zero-order chi connectivity index (χ0) is 8.43. The summed E-state index contributed by atoms with van der Waals surface area (Å²) in [6, 6.07) is 1.05. The van der Waals surface area contributed by atoms with Gasteiger partial charge in [0, 0.05) is 11.7 Å². The molecule has 0 aliphatic heterocycles. The average molecular weight is 191 g/mol. The molecule has 0 saturated carbocycles. The molecule has 1 aromatic heterocycles. The van der Waals surface area contributed by atoms with Gasteiger partial charge in [0.15, 0.2) is 0 Å². The average Bonchev–Trinajstić information content (AvgIpc) is 1.94. The molecule has 6 heteroatoms. The Hall–Kier alpha value is -0.645. The maximum atomic E-state index is 12.7. The minimum Gasteiger partial charge on any atom is -0.423 e. The Morgan fingerprint density at radius 1 is 1.50 bits per heavy atom. The highest BCUT2D eigenvalue weighted by Gasteiger charge is 2.12. The molecule has 0 fully saturated rings. The van der Waals surface area contributed by atoms with Gasteiger partial charge in [0.25, 0.3) is 0 Å². The third kappa shape index (κ3) is 2.44. The summed E-state index contributed by atoms with van der Waals surface area (Å²) in [6.45, 7) is 1.50. The number of aromatic nitrogens is 1. The van der Waals surface area contributed by atoms with E-state index < -0.39 is 12.9 Å². The fraction of sp³-hybridized carbons (Fsp3) is 0.167. The number of aryl methyl sites for hydroxylation is 1. The fourth-order valence-electron chi connectivity index (χ4n) is 0.662. The lowest BCUT2D eigenvalue weighted by atomic mass is 9.81. The van der Waals surface area contributed by atoms with Crippen molar-refractivity contribution < 1.29 is 14.4 Å². The molecular weight excluding hydrogens is 183 g/mol. The molecule has 0 radical (unpaired) electrons. The third-order valence-electron chi connectivity index (χ3n) is 1.34. The van der Waals surface area contributed by atoms with Crippen molar-refractivity contribution in [3.8, 4) is 0 Å². The first kappa shape index (κ1) is 11.4. The van der Waals surface area contributed by atoms with E-state index in [1.54, 1.807) is 0 Å². The summed E-state index contributed by atoms with van der Waals surface area (Å²) >= 11 is 0. The molecule has 0 aliphatic carbocycles. The maximum Gasteiger partial charge on any atom is 0.490 e. The number of hydrogen-bond donors (Lipinski definition) is 2. The fourth-order valence-corrected chi connectivity index (χ4v) is 0.662. The Kier molecular flexibility index (Phi) is 4.16. The Balaban J connectivity index is 0.00000121. The summed E-state index contributed by atoms with van der Waals surface area (Å²) in [6.07, 6.45) is 1.23. The van der Waals surface area contributed by atoms with Crippen molar-refractivity contribution in [3.05, 3.63) is 23.8 Å². The molecule has 1 aromatic rings. The minimum atomic E-state index is -1.66. The number of halogens is 2. The second-order valence-corrected chi connectivity index (χ2v) is 2.21. The lowest BCUT2D eigenvalue weighted by molar-refractivity contribution is 0.425. The van der Waals surface area contributed by atoms with Crippen molar-refractivity contribution in [1.29, 1.82) is 0 Å². The molecule has 0 spiro atoms. The van der Waals surface area contributed by atoms with Gasteiger partial charge in [-0.1, -0.05) is 0 Å². The van der Waals surface area contributed by atoms with Crippen LogP contribution in [0.5, 0.6) is 0 Å². The Bertz CT molecular complexity index is 272. The molecule has 0 unspecified atom stereocenters. The molecule has 0 atom stereocenters. The summed E-state index contributed by atoms with van der Waals surface area (Å²) in [5.74, 6) is -0.532. The normalized spacial score (nSPS) is 9.00. The van der Waals surface area contributed by atoms with Crippen molar-refractivity contribution in [2.75, 3.05) is 0 Å². The van der Waals surface area contributed by atoms with Crippen LogP contribution in [0.1, 0.15) is 5.69 Å². The molecule has 12 heavy (non-hydrogen) atoms. The van der Waals surface area contributed by atoms with Gasteiger partial charge in [-0.05, 0) is 13.0 Å². The van der Waals surface area contributed by atoms with Gasteiger partial charge in [-0.25, -0.2) is 4.39 Å². The second kappa shape index (κ2) is 4.40. The zero-order valence-corrected chi connectivity index (χ0v) is 7.18. The van der Waals surface area contributed by atoms with Crippen LogP contribution >= 0.6 is 12.4 Å². The number of hydrogen-bond acceptors (Lipinski definition) is 3. The van der Waals surface area contributed by atoms with Crippen molar-refractivity contribution in [3.63, 3.8) is 0 Å². The summed E-state index contributed by atoms with van der Waals surface area (Å²) in [7, 11) is -1.66. The SMILES string of the molecule is Cc1ncc(B(O)O)cc1F.Cl. The highest BCUT2D eigenvalue weighted by atomic mass is 35.5. The number of pyridine rings is 1. The van der Waals surface area contributed by atoms with Crippen molar-refractivity contribution >= 4 is 25.0 Å². The Labute approximate surface area is 75.8 Å². The van der Waals surface area contributed by atoms with Gasteiger partial charge in [0.2, 0.25) is 0 Å². The standard InChI is InChI=1S/C6H7BFNO2.ClH/c1-4-6(8)2-5(3-9-4)7(10)11;/h2-3,10-11H,1H3;1H. The minimum absolute atomic E-state index is 0. The molecule has 66 valence electrons. The van der Waals surface area contributed by atoms with Crippen LogP contribution in [0, 0.1) is 12.7 Å². The van der Waals surface area contributed by atoms with Crippen LogP contribution in [0.15, 0.2) is 12.3 Å². The van der Waals surface area contributed by atoms with Gasteiger partial charge in [-0.3, -0.25) is 4.98 Å². The molecule has 0 aromatic carbocycles. The van der Waals surface area contributed by atoms with E-state index in [1.807, 2.05) is 0 Å². The first-order valence-corrected chi connectivity index (χ1v) is 3.09.